The number of hydrogen-bond acceptors (Lipinski definition) is 4. The fourth-order valence-corrected chi connectivity index (χ4v) is 3.70. The molecule has 1 aromatic heterocycles. The molecule has 1 saturated heterocycles. The third kappa shape index (κ3) is 5.75. The maximum Gasteiger partial charge on any atom is 0.220 e. The first-order valence-electron chi connectivity index (χ1n) is 8.03. The van der Waals surface area contributed by atoms with E-state index < -0.39 is 0 Å². The van der Waals surface area contributed by atoms with E-state index in [0.29, 0.717) is 12.5 Å². The number of aryl methyl sites for hydroxylation is 2. The number of thiazole rings is 1. The summed E-state index contributed by atoms with van der Waals surface area (Å²) in [7, 11) is 2.18. The summed E-state index contributed by atoms with van der Waals surface area (Å²) < 4.78 is 0. The molecule has 118 valence electrons. The van der Waals surface area contributed by atoms with E-state index in [1.54, 1.807) is 11.3 Å². The summed E-state index contributed by atoms with van der Waals surface area (Å²) in [6.07, 6.45) is 7.44. The molecular weight excluding hydrogens is 282 g/mol. The summed E-state index contributed by atoms with van der Waals surface area (Å²) in [6, 6.07) is 0.600. The lowest BCUT2D eigenvalue weighted by molar-refractivity contribution is -0.121. The Hall–Kier alpha value is -0.940. The van der Waals surface area contributed by atoms with Gasteiger partial charge in [0.15, 0.2) is 0 Å². The summed E-state index contributed by atoms with van der Waals surface area (Å²) in [6.45, 7) is 3.96. The molecule has 0 radical (unpaired) electrons. The average molecular weight is 309 g/mol. The molecule has 0 saturated carbocycles. The monoisotopic (exact) mass is 309 g/mol. The lowest BCUT2D eigenvalue weighted by atomic mass is 9.98. The number of hydrogen-bond donors (Lipinski definition) is 1. The molecule has 0 aromatic carbocycles. The van der Waals surface area contributed by atoms with E-state index in [4.69, 9.17) is 0 Å². The Bertz CT molecular complexity index is 446. The van der Waals surface area contributed by atoms with Crippen LogP contribution in [-0.4, -0.2) is 42.0 Å². The molecule has 0 unspecified atom stereocenters. The van der Waals surface area contributed by atoms with Gasteiger partial charge in [0.2, 0.25) is 5.91 Å². The third-order valence-electron chi connectivity index (χ3n) is 4.18. The molecule has 0 bridgehead atoms. The van der Waals surface area contributed by atoms with Crippen molar-refractivity contribution in [2.24, 2.45) is 0 Å². The van der Waals surface area contributed by atoms with Crippen LogP contribution in [0.4, 0.5) is 0 Å². The quantitative estimate of drug-likeness (QED) is 0.788. The van der Waals surface area contributed by atoms with E-state index in [1.807, 2.05) is 6.92 Å². The summed E-state index contributed by atoms with van der Waals surface area (Å²) in [4.78, 5) is 18.7. The van der Waals surface area contributed by atoms with Crippen LogP contribution in [0.15, 0.2) is 5.38 Å². The van der Waals surface area contributed by atoms with Crippen molar-refractivity contribution in [2.75, 3.05) is 20.1 Å². The number of rotatable bonds is 7. The second kappa shape index (κ2) is 8.49. The van der Waals surface area contributed by atoms with Gasteiger partial charge in [0.1, 0.15) is 0 Å². The zero-order valence-corrected chi connectivity index (χ0v) is 14.0. The molecule has 1 atom stereocenters. The van der Waals surface area contributed by atoms with Crippen LogP contribution < -0.4 is 5.32 Å². The predicted octanol–water partition coefficient (Wildman–Crippen LogP) is 2.76. The number of aromatic nitrogens is 1. The van der Waals surface area contributed by atoms with Crippen LogP contribution in [0, 0.1) is 6.92 Å². The highest BCUT2D eigenvalue weighted by atomic mass is 32.1. The van der Waals surface area contributed by atoms with Crippen molar-refractivity contribution >= 4 is 17.2 Å². The van der Waals surface area contributed by atoms with E-state index >= 15 is 0 Å². The van der Waals surface area contributed by atoms with Gasteiger partial charge in [-0.15, -0.1) is 11.3 Å². The lowest BCUT2D eigenvalue weighted by Gasteiger charge is -2.32. The van der Waals surface area contributed by atoms with E-state index in [9.17, 15) is 4.79 Å². The number of carbonyl (C=O) groups excluding carboxylic acids is 1. The highest BCUT2D eigenvalue weighted by Crippen LogP contribution is 2.18. The minimum absolute atomic E-state index is 0.198. The largest absolute Gasteiger partial charge is 0.356 e. The van der Waals surface area contributed by atoms with Crippen LogP contribution in [0.3, 0.4) is 0 Å². The number of carbonyl (C=O) groups is 1. The number of nitrogens with one attached hydrogen (secondary N) is 1. The Kier molecular flexibility index (Phi) is 6.64. The van der Waals surface area contributed by atoms with Crippen LogP contribution >= 0.6 is 11.3 Å². The molecule has 0 aliphatic carbocycles. The van der Waals surface area contributed by atoms with Crippen LogP contribution in [0.5, 0.6) is 0 Å². The van der Waals surface area contributed by atoms with Crippen LogP contribution in [0.25, 0.3) is 0 Å². The maximum absolute atomic E-state index is 11.9. The van der Waals surface area contributed by atoms with E-state index in [-0.39, 0.29) is 5.91 Å². The van der Waals surface area contributed by atoms with E-state index in [0.717, 1.165) is 31.5 Å². The van der Waals surface area contributed by atoms with Gasteiger partial charge in [-0.3, -0.25) is 4.79 Å². The first-order chi connectivity index (χ1) is 10.1. The second-order valence-electron chi connectivity index (χ2n) is 6.01. The topological polar surface area (TPSA) is 45.2 Å². The molecule has 1 aromatic rings. The van der Waals surface area contributed by atoms with Crippen molar-refractivity contribution in [1.82, 2.24) is 15.2 Å². The molecule has 5 heteroatoms. The molecule has 1 aliphatic heterocycles. The van der Waals surface area contributed by atoms with Crippen molar-refractivity contribution in [1.29, 1.82) is 0 Å². The minimum atomic E-state index is 0.198. The van der Waals surface area contributed by atoms with Gasteiger partial charge in [0.05, 0.1) is 5.01 Å². The minimum Gasteiger partial charge on any atom is -0.356 e. The average Bonchev–Trinajstić information content (AvgIpc) is 2.88. The molecule has 0 spiro atoms. The van der Waals surface area contributed by atoms with Crippen LogP contribution in [0.2, 0.25) is 0 Å². The molecule has 1 amide bonds. The first kappa shape index (κ1) is 16.4. The SMILES string of the molecule is Cc1csc(CCCNC(=O)CC[C@@H]2CCCCN2C)n1. The zero-order valence-electron chi connectivity index (χ0n) is 13.2. The Labute approximate surface area is 132 Å². The van der Waals surface area contributed by atoms with E-state index in [2.05, 4.69) is 27.6 Å². The zero-order chi connectivity index (χ0) is 15.1. The fourth-order valence-electron chi connectivity index (χ4n) is 2.88. The van der Waals surface area contributed by atoms with E-state index in [1.165, 1.54) is 30.8 Å². The standard InChI is InChI=1S/C16H27N3OS/c1-13-12-21-16(18-13)7-5-10-17-15(20)9-8-14-6-3-4-11-19(14)2/h12,14H,3-11H2,1-2H3,(H,17,20)/t14-/m0/s1. The van der Waals surface area contributed by atoms with Crippen molar-refractivity contribution in [2.45, 2.75) is 57.9 Å². The third-order valence-corrected chi connectivity index (χ3v) is 5.21. The summed E-state index contributed by atoms with van der Waals surface area (Å²) in [5.74, 6) is 0.198. The second-order valence-corrected chi connectivity index (χ2v) is 6.95. The summed E-state index contributed by atoms with van der Waals surface area (Å²) in [5.41, 5.74) is 1.09. The highest BCUT2D eigenvalue weighted by molar-refractivity contribution is 7.09. The Morgan fingerprint density at radius 2 is 2.38 bits per heavy atom. The van der Waals surface area contributed by atoms with Crippen LogP contribution in [0.1, 0.15) is 49.2 Å². The molecule has 4 nitrogen and oxygen atoms in total. The molecule has 21 heavy (non-hydrogen) atoms. The molecule has 1 fully saturated rings. The number of likely N-dealkylation sites (tertiary alicyclic amines) is 1. The predicted molar refractivity (Wildman–Crippen MR) is 87.7 cm³/mol. The van der Waals surface area contributed by atoms with Gasteiger partial charge in [-0.2, -0.15) is 0 Å². The van der Waals surface area contributed by atoms with Crippen molar-refractivity contribution in [3.05, 3.63) is 16.1 Å². The normalized spacial score (nSPS) is 19.6. The number of amides is 1. The molecule has 1 aliphatic rings. The van der Waals surface area contributed by atoms with Gasteiger partial charge in [-0.25, -0.2) is 4.98 Å². The molecule has 2 heterocycles. The van der Waals surface area contributed by atoms with Crippen molar-refractivity contribution < 1.29 is 4.79 Å². The Morgan fingerprint density at radius 3 is 3.10 bits per heavy atom. The molecule has 1 N–H and O–H groups in total. The van der Waals surface area contributed by atoms with Gasteiger partial charge >= 0.3 is 0 Å². The smallest absolute Gasteiger partial charge is 0.220 e. The van der Waals surface area contributed by atoms with Gasteiger partial charge in [-0.1, -0.05) is 6.42 Å². The van der Waals surface area contributed by atoms with Gasteiger partial charge in [-0.05, 0) is 46.2 Å². The molecule has 2 rings (SSSR count). The van der Waals surface area contributed by atoms with Crippen molar-refractivity contribution in [3.8, 4) is 0 Å². The first-order valence-corrected chi connectivity index (χ1v) is 8.91. The van der Waals surface area contributed by atoms with Crippen LogP contribution in [-0.2, 0) is 11.2 Å². The van der Waals surface area contributed by atoms with Gasteiger partial charge in [0, 0.05) is 36.5 Å². The molecular formula is C16H27N3OS. The van der Waals surface area contributed by atoms with Crippen molar-refractivity contribution in [3.63, 3.8) is 0 Å². The Morgan fingerprint density at radius 1 is 1.52 bits per heavy atom. The fraction of sp³-hybridized carbons (Fsp3) is 0.750. The number of nitrogens with zero attached hydrogens (tertiary/aromatic N) is 2. The summed E-state index contributed by atoms with van der Waals surface area (Å²) >= 11 is 1.71. The lowest BCUT2D eigenvalue weighted by Crippen LogP contribution is -2.37. The maximum atomic E-state index is 11.9. The summed E-state index contributed by atoms with van der Waals surface area (Å²) in [5, 5.41) is 6.28. The Balaban J connectivity index is 1.55. The van der Waals surface area contributed by atoms with Gasteiger partial charge < -0.3 is 10.2 Å². The highest BCUT2D eigenvalue weighted by Gasteiger charge is 2.19. The number of piperidine rings is 1. The van der Waals surface area contributed by atoms with Gasteiger partial charge in [0.25, 0.3) is 0 Å².